The van der Waals surface area contributed by atoms with Gasteiger partial charge in [0.2, 0.25) is 5.91 Å². The molecule has 1 saturated heterocycles. The average molecular weight is 402 g/mol. The lowest BCUT2D eigenvalue weighted by Crippen LogP contribution is -2.37. The summed E-state index contributed by atoms with van der Waals surface area (Å²) < 4.78 is 5.10. The third kappa shape index (κ3) is 4.39. The third-order valence-electron chi connectivity index (χ3n) is 4.74. The Bertz CT molecular complexity index is 868. The van der Waals surface area contributed by atoms with E-state index < -0.39 is 0 Å². The van der Waals surface area contributed by atoms with Crippen LogP contribution in [0, 0.1) is 0 Å². The van der Waals surface area contributed by atoms with Crippen molar-refractivity contribution < 1.29 is 14.3 Å². The SMILES string of the molecule is COc1ccc(NC(=O)CN2CCN(c3ccc(C(C)C)cc3)C2=O)cc1Cl. The summed E-state index contributed by atoms with van der Waals surface area (Å²) in [6.07, 6.45) is 0. The van der Waals surface area contributed by atoms with Gasteiger partial charge in [0.1, 0.15) is 12.3 Å². The van der Waals surface area contributed by atoms with Crippen LogP contribution in [0.5, 0.6) is 5.75 Å². The summed E-state index contributed by atoms with van der Waals surface area (Å²) >= 11 is 6.08. The van der Waals surface area contributed by atoms with Crippen molar-refractivity contribution in [3.8, 4) is 5.75 Å². The summed E-state index contributed by atoms with van der Waals surface area (Å²) in [6.45, 7) is 5.31. The number of methoxy groups -OCH3 is 1. The molecule has 0 atom stereocenters. The molecule has 2 aromatic carbocycles. The summed E-state index contributed by atoms with van der Waals surface area (Å²) in [4.78, 5) is 28.3. The van der Waals surface area contributed by atoms with Gasteiger partial charge in [-0.15, -0.1) is 0 Å². The molecular weight excluding hydrogens is 378 g/mol. The second-order valence-electron chi connectivity index (χ2n) is 7.00. The van der Waals surface area contributed by atoms with Gasteiger partial charge in [0.15, 0.2) is 0 Å². The van der Waals surface area contributed by atoms with Crippen molar-refractivity contribution in [2.75, 3.05) is 37.0 Å². The highest BCUT2D eigenvalue weighted by atomic mass is 35.5. The Morgan fingerprint density at radius 2 is 1.89 bits per heavy atom. The van der Waals surface area contributed by atoms with Gasteiger partial charge in [0.05, 0.1) is 12.1 Å². The number of halogens is 1. The van der Waals surface area contributed by atoms with Crippen LogP contribution < -0.4 is 15.0 Å². The Morgan fingerprint density at radius 1 is 1.18 bits per heavy atom. The first-order valence-corrected chi connectivity index (χ1v) is 9.56. The number of benzene rings is 2. The van der Waals surface area contributed by atoms with Crippen molar-refractivity contribution in [3.05, 3.63) is 53.1 Å². The third-order valence-corrected chi connectivity index (χ3v) is 5.03. The standard InChI is InChI=1S/C21H24ClN3O3/c1-14(2)15-4-7-17(8-5-15)25-11-10-24(21(25)27)13-20(26)23-16-6-9-19(28-3)18(22)12-16/h4-9,12,14H,10-11,13H2,1-3H3,(H,23,26). The minimum Gasteiger partial charge on any atom is -0.495 e. The Kier molecular flexibility index (Phi) is 6.09. The fourth-order valence-corrected chi connectivity index (χ4v) is 3.38. The molecule has 3 rings (SSSR count). The van der Waals surface area contributed by atoms with E-state index in [1.165, 1.54) is 17.6 Å². The number of urea groups is 1. The van der Waals surface area contributed by atoms with Gasteiger partial charge in [-0.05, 0) is 41.8 Å². The summed E-state index contributed by atoms with van der Waals surface area (Å²) in [7, 11) is 1.53. The summed E-state index contributed by atoms with van der Waals surface area (Å²) in [5, 5.41) is 3.18. The van der Waals surface area contributed by atoms with E-state index >= 15 is 0 Å². The molecule has 1 aliphatic heterocycles. The molecule has 0 spiro atoms. The van der Waals surface area contributed by atoms with Gasteiger partial charge in [-0.3, -0.25) is 9.69 Å². The fourth-order valence-electron chi connectivity index (χ4n) is 3.13. The van der Waals surface area contributed by atoms with E-state index in [9.17, 15) is 9.59 Å². The van der Waals surface area contributed by atoms with Crippen LogP contribution in [0.25, 0.3) is 0 Å². The molecule has 7 heteroatoms. The van der Waals surface area contributed by atoms with E-state index in [0.717, 1.165) is 5.69 Å². The zero-order valence-electron chi connectivity index (χ0n) is 16.2. The molecule has 0 unspecified atom stereocenters. The number of hydrogen-bond donors (Lipinski definition) is 1. The van der Waals surface area contributed by atoms with Crippen LogP contribution in [0.15, 0.2) is 42.5 Å². The van der Waals surface area contributed by atoms with Crippen LogP contribution in [0.1, 0.15) is 25.3 Å². The molecule has 0 aromatic heterocycles. The predicted octanol–water partition coefficient (Wildman–Crippen LogP) is 4.35. The second-order valence-corrected chi connectivity index (χ2v) is 7.41. The molecule has 6 nitrogen and oxygen atoms in total. The van der Waals surface area contributed by atoms with Gasteiger partial charge in [0.25, 0.3) is 0 Å². The predicted molar refractivity (Wildman–Crippen MR) is 111 cm³/mol. The van der Waals surface area contributed by atoms with Gasteiger partial charge >= 0.3 is 6.03 Å². The molecule has 2 aromatic rings. The topological polar surface area (TPSA) is 61.9 Å². The summed E-state index contributed by atoms with van der Waals surface area (Å²) in [5.74, 6) is 0.704. The molecule has 0 bridgehead atoms. The molecule has 148 valence electrons. The Balaban J connectivity index is 1.60. The zero-order valence-corrected chi connectivity index (χ0v) is 17.0. The van der Waals surface area contributed by atoms with Crippen LogP contribution in [-0.4, -0.2) is 43.6 Å². The first kappa shape index (κ1) is 20.0. The largest absolute Gasteiger partial charge is 0.495 e. The summed E-state index contributed by atoms with van der Waals surface area (Å²) in [6, 6.07) is 12.8. The minimum atomic E-state index is -0.272. The summed E-state index contributed by atoms with van der Waals surface area (Å²) in [5.41, 5.74) is 2.63. The number of nitrogens with zero attached hydrogens (tertiary/aromatic N) is 2. The highest BCUT2D eigenvalue weighted by Crippen LogP contribution is 2.27. The normalized spacial score (nSPS) is 14.0. The molecule has 1 heterocycles. The molecule has 0 saturated carbocycles. The average Bonchev–Trinajstić information content (AvgIpc) is 3.02. The molecule has 1 N–H and O–H groups in total. The van der Waals surface area contributed by atoms with Crippen molar-refractivity contribution in [3.63, 3.8) is 0 Å². The van der Waals surface area contributed by atoms with Gasteiger partial charge in [-0.2, -0.15) is 0 Å². The van der Waals surface area contributed by atoms with Crippen molar-refractivity contribution >= 4 is 34.9 Å². The first-order valence-electron chi connectivity index (χ1n) is 9.19. The van der Waals surface area contributed by atoms with Crippen molar-refractivity contribution in [2.24, 2.45) is 0 Å². The molecule has 1 fully saturated rings. The lowest BCUT2D eigenvalue weighted by molar-refractivity contribution is -0.116. The maximum atomic E-state index is 12.7. The number of carbonyl (C=O) groups excluding carboxylic acids is 2. The van der Waals surface area contributed by atoms with E-state index in [1.807, 2.05) is 24.3 Å². The molecule has 1 aliphatic rings. The maximum absolute atomic E-state index is 12.7. The van der Waals surface area contributed by atoms with Gasteiger partial charge in [-0.25, -0.2) is 4.79 Å². The van der Waals surface area contributed by atoms with E-state index in [0.29, 0.717) is 35.5 Å². The van der Waals surface area contributed by atoms with E-state index in [1.54, 1.807) is 23.1 Å². The van der Waals surface area contributed by atoms with E-state index in [2.05, 4.69) is 19.2 Å². The lowest BCUT2D eigenvalue weighted by atomic mass is 10.0. The minimum absolute atomic E-state index is 0.0109. The van der Waals surface area contributed by atoms with Crippen LogP contribution in [0.4, 0.5) is 16.2 Å². The molecule has 28 heavy (non-hydrogen) atoms. The number of carbonyl (C=O) groups is 2. The van der Waals surface area contributed by atoms with Crippen molar-refractivity contribution in [1.29, 1.82) is 0 Å². The van der Waals surface area contributed by atoms with Gasteiger partial charge in [-0.1, -0.05) is 37.6 Å². The number of rotatable bonds is 6. The van der Waals surface area contributed by atoms with E-state index in [4.69, 9.17) is 16.3 Å². The number of anilines is 2. The fraction of sp³-hybridized carbons (Fsp3) is 0.333. The van der Waals surface area contributed by atoms with Crippen LogP contribution in [-0.2, 0) is 4.79 Å². The number of amides is 3. The van der Waals surface area contributed by atoms with Crippen LogP contribution in [0.3, 0.4) is 0 Å². The second kappa shape index (κ2) is 8.52. The Labute approximate surface area is 170 Å². The molecule has 0 radical (unpaired) electrons. The highest BCUT2D eigenvalue weighted by Gasteiger charge is 2.30. The lowest BCUT2D eigenvalue weighted by Gasteiger charge is -2.19. The molecule has 3 amide bonds. The van der Waals surface area contributed by atoms with Crippen LogP contribution in [0.2, 0.25) is 5.02 Å². The van der Waals surface area contributed by atoms with Crippen molar-refractivity contribution in [1.82, 2.24) is 4.90 Å². The number of hydrogen-bond acceptors (Lipinski definition) is 3. The smallest absolute Gasteiger partial charge is 0.325 e. The number of nitrogens with one attached hydrogen (secondary N) is 1. The van der Waals surface area contributed by atoms with E-state index in [-0.39, 0.29) is 18.5 Å². The number of ether oxygens (including phenoxy) is 1. The maximum Gasteiger partial charge on any atom is 0.325 e. The van der Waals surface area contributed by atoms with Crippen molar-refractivity contribution in [2.45, 2.75) is 19.8 Å². The van der Waals surface area contributed by atoms with Crippen LogP contribution >= 0.6 is 11.6 Å². The van der Waals surface area contributed by atoms with Gasteiger partial charge < -0.3 is 15.0 Å². The monoisotopic (exact) mass is 401 g/mol. The Morgan fingerprint density at radius 3 is 2.50 bits per heavy atom. The highest BCUT2D eigenvalue weighted by molar-refractivity contribution is 6.32. The Hall–Kier alpha value is -2.73. The molecular formula is C21H24ClN3O3. The quantitative estimate of drug-likeness (QED) is 0.782. The zero-order chi connectivity index (χ0) is 20.3. The first-order chi connectivity index (χ1) is 13.4. The van der Waals surface area contributed by atoms with Gasteiger partial charge in [0, 0.05) is 24.5 Å². The molecule has 0 aliphatic carbocycles.